The van der Waals surface area contributed by atoms with Crippen molar-refractivity contribution in [1.29, 1.82) is 0 Å². The fourth-order valence-electron chi connectivity index (χ4n) is 3.22. The second-order valence-corrected chi connectivity index (χ2v) is 7.97. The molecule has 0 aliphatic rings. The van der Waals surface area contributed by atoms with Crippen LogP contribution in [0.4, 0.5) is 0 Å². The van der Waals surface area contributed by atoms with Crippen LogP contribution >= 0.6 is 0 Å². The van der Waals surface area contributed by atoms with Crippen molar-refractivity contribution in [2.45, 2.75) is 129 Å². The summed E-state index contributed by atoms with van der Waals surface area (Å²) in [4.78, 5) is 11.6. The van der Waals surface area contributed by atoms with Gasteiger partial charge in [-0.2, -0.15) is 0 Å². The van der Waals surface area contributed by atoms with E-state index < -0.39 is 0 Å². The minimum Gasteiger partial charge on any atom is -0.466 e. The molecule has 0 N–H and O–H groups in total. The molecule has 0 aromatic heterocycles. The van der Waals surface area contributed by atoms with Crippen LogP contribution in [-0.2, 0) is 9.53 Å². The third kappa shape index (κ3) is 23.0. The monoisotopic (exact) mass is 392 g/mol. The number of hydrogen-bond acceptors (Lipinski definition) is 2. The third-order valence-electron chi connectivity index (χ3n) is 5.09. The average Bonchev–Trinajstić information content (AvgIpc) is 2.70. The number of allylic oxidation sites excluding steroid dienone is 4. The molecule has 0 atom stereocenters. The minimum atomic E-state index is -0.000843. The molecule has 2 heteroatoms. The predicted molar refractivity (Wildman–Crippen MR) is 124 cm³/mol. The summed E-state index contributed by atoms with van der Waals surface area (Å²) in [5.74, 6) is -0.000843. The molecule has 0 aliphatic heterocycles. The normalized spacial score (nSPS) is 11.6. The van der Waals surface area contributed by atoms with Crippen LogP contribution in [0.25, 0.3) is 0 Å². The van der Waals surface area contributed by atoms with E-state index in [1.54, 1.807) is 0 Å². The quantitative estimate of drug-likeness (QED) is 0.111. The molecule has 0 aliphatic carbocycles. The zero-order valence-corrected chi connectivity index (χ0v) is 19.1. The molecule has 164 valence electrons. The summed E-state index contributed by atoms with van der Waals surface area (Å²) in [5, 5.41) is 0. The highest BCUT2D eigenvalue weighted by molar-refractivity contribution is 5.69. The van der Waals surface area contributed by atoms with E-state index in [1.807, 2.05) is 0 Å². The van der Waals surface area contributed by atoms with E-state index in [9.17, 15) is 4.79 Å². The fraction of sp³-hybridized carbons (Fsp3) is 0.808. The van der Waals surface area contributed by atoms with Gasteiger partial charge in [0.15, 0.2) is 0 Å². The summed E-state index contributed by atoms with van der Waals surface area (Å²) < 4.78 is 5.31. The van der Waals surface area contributed by atoms with Crippen LogP contribution in [-0.4, -0.2) is 12.6 Å². The summed E-state index contributed by atoms with van der Waals surface area (Å²) in [7, 11) is 0. The Bertz CT molecular complexity index is 371. The van der Waals surface area contributed by atoms with Gasteiger partial charge in [-0.1, -0.05) is 102 Å². The zero-order chi connectivity index (χ0) is 20.5. The Kier molecular flexibility index (Phi) is 23.1. The van der Waals surface area contributed by atoms with Crippen LogP contribution < -0.4 is 0 Å². The van der Waals surface area contributed by atoms with Gasteiger partial charge in [0.05, 0.1) is 6.61 Å². The van der Waals surface area contributed by atoms with Crippen molar-refractivity contribution in [3.63, 3.8) is 0 Å². The second kappa shape index (κ2) is 24.0. The Labute approximate surface area is 176 Å². The molecule has 2 nitrogen and oxygen atoms in total. The predicted octanol–water partition coefficient (Wildman–Crippen LogP) is 8.70. The zero-order valence-electron chi connectivity index (χ0n) is 19.1. The first-order valence-corrected chi connectivity index (χ1v) is 12.3. The van der Waals surface area contributed by atoms with E-state index >= 15 is 0 Å². The molecule has 28 heavy (non-hydrogen) atoms. The molecule has 0 saturated carbocycles. The minimum absolute atomic E-state index is 0.000843. The van der Waals surface area contributed by atoms with Crippen molar-refractivity contribution in [2.75, 3.05) is 6.61 Å². The summed E-state index contributed by atoms with van der Waals surface area (Å²) >= 11 is 0. The maximum Gasteiger partial charge on any atom is 0.305 e. The Morgan fingerprint density at radius 1 is 0.607 bits per heavy atom. The molecule has 0 bridgehead atoms. The lowest BCUT2D eigenvalue weighted by molar-refractivity contribution is -0.143. The standard InChI is InChI=1S/C26H48O2/c1-3-5-7-9-10-11-12-13-14-15-16-17-18-19-21-23-25-28-26(27)24-22-20-8-6-4-2/h10-11,13-14H,3-9,12,15-25H2,1-2H3/b11-10-,14-13-. The molecule has 0 rings (SSSR count). The van der Waals surface area contributed by atoms with Crippen molar-refractivity contribution < 1.29 is 9.53 Å². The largest absolute Gasteiger partial charge is 0.466 e. The Morgan fingerprint density at radius 3 is 1.79 bits per heavy atom. The number of esters is 1. The van der Waals surface area contributed by atoms with Crippen molar-refractivity contribution in [3.8, 4) is 0 Å². The molecule has 0 fully saturated rings. The summed E-state index contributed by atoms with van der Waals surface area (Å²) in [5.41, 5.74) is 0. The van der Waals surface area contributed by atoms with Gasteiger partial charge in [-0.05, 0) is 44.9 Å². The first-order valence-electron chi connectivity index (χ1n) is 12.3. The maximum atomic E-state index is 11.6. The highest BCUT2D eigenvalue weighted by Crippen LogP contribution is 2.09. The third-order valence-corrected chi connectivity index (χ3v) is 5.09. The molecule has 0 saturated heterocycles. The van der Waals surface area contributed by atoms with Gasteiger partial charge in [0.1, 0.15) is 0 Å². The lowest BCUT2D eigenvalue weighted by atomic mass is 10.1. The first-order chi connectivity index (χ1) is 13.8. The van der Waals surface area contributed by atoms with Crippen molar-refractivity contribution in [2.24, 2.45) is 0 Å². The summed E-state index contributed by atoms with van der Waals surface area (Å²) in [6.07, 6.45) is 30.7. The number of rotatable bonds is 21. The van der Waals surface area contributed by atoms with E-state index in [0.717, 1.165) is 25.7 Å². The molecule has 0 heterocycles. The Hall–Kier alpha value is -1.05. The van der Waals surface area contributed by atoms with Crippen LogP contribution in [0.3, 0.4) is 0 Å². The molecule has 0 unspecified atom stereocenters. The number of ether oxygens (including phenoxy) is 1. The highest BCUT2D eigenvalue weighted by Gasteiger charge is 2.02. The summed E-state index contributed by atoms with van der Waals surface area (Å²) in [6.45, 7) is 5.07. The van der Waals surface area contributed by atoms with Crippen molar-refractivity contribution in [3.05, 3.63) is 24.3 Å². The topological polar surface area (TPSA) is 26.3 Å². The van der Waals surface area contributed by atoms with E-state index in [0.29, 0.717) is 13.0 Å². The average molecular weight is 393 g/mol. The number of hydrogen-bond donors (Lipinski definition) is 0. The molecule has 0 amide bonds. The van der Waals surface area contributed by atoms with Gasteiger partial charge >= 0.3 is 5.97 Å². The van der Waals surface area contributed by atoms with Crippen molar-refractivity contribution >= 4 is 5.97 Å². The molecular formula is C26H48O2. The number of unbranched alkanes of at least 4 members (excludes halogenated alkanes) is 13. The lowest BCUT2D eigenvalue weighted by Gasteiger charge is -2.05. The fourth-order valence-corrected chi connectivity index (χ4v) is 3.22. The molecule has 0 radical (unpaired) electrons. The SMILES string of the molecule is CCCCC/C=C\C/C=C\CCCCCCCCOC(=O)CCCCCCC. The Morgan fingerprint density at radius 2 is 1.11 bits per heavy atom. The van der Waals surface area contributed by atoms with Gasteiger partial charge in [-0.15, -0.1) is 0 Å². The van der Waals surface area contributed by atoms with E-state index in [4.69, 9.17) is 4.74 Å². The van der Waals surface area contributed by atoms with E-state index in [2.05, 4.69) is 38.2 Å². The summed E-state index contributed by atoms with van der Waals surface area (Å²) in [6, 6.07) is 0. The van der Waals surface area contributed by atoms with Gasteiger partial charge in [0, 0.05) is 6.42 Å². The van der Waals surface area contributed by atoms with Gasteiger partial charge < -0.3 is 4.74 Å². The smallest absolute Gasteiger partial charge is 0.305 e. The van der Waals surface area contributed by atoms with Crippen LogP contribution in [0.15, 0.2) is 24.3 Å². The second-order valence-electron chi connectivity index (χ2n) is 7.97. The first kappa shape index (κ1) is 27.0. The van der Waals surface area contributed by atoms with Gasteiger partial charge in [0.2, 0.25) is 0 Å². The van der Waals surface area contributed by atoms with Crippen molar-refractivity contribution in [1.82, 2.24) is 0 Å². The van der Waals surface area contributed by atoms with Crippen LogP contribution in [0, 0.1) is 0 Å². The Balaban J connectivity index is 3.22. The van der Waals surface area contributed by atoms with Crippen LogP contribution in [0.5, 0.6) is 0 Å². The molecule has 0 spiro atoms. The lowest BCUT2D eigenvalue weighted by Crippen LogP contribution is -2.05. The van der Waals surface area contributed by atoms with E-state index in [-0.39, 0.29) is 5.97 Å². The molecule has 0 aromatic carbocycles. The van der Waals surface area contributed by atoms with E-state index in [1.165, 1.54) is 83.5 Å². The van der Waals surface area contributed by atoms with Crippen LogP contribution in [0.2, 0.25) is 0 Å². The number of carbonyl (C=O) groups is 1. The molecular weight excluding hydrogens is 344 g/mol. The van der Waals surface area contributed by atoms with Gasteiger partial charge in [-0.3, -0.25) is 4.79 Å². The van der Waals surface area contributed by atoms with Gasteiger partial charge in [-0.25, -0.2) is 0 Å². The highest BCUT2D eigenvalue weighted by atomic mass is 16.5. The maximum absolute atomic E-state index is 11.6. The molecule has 0 aromatic rings. The van der Waals surface area contributed by atoms with Gasteiger partial charge in [0.25, 0.3) is 0 Å². The van der Waals surface area contributed by atoms with Crippen LogP contribution in [0.1, 0.15) is 129 Å². The number of carbonyl (C=O) groups excluding carboxylic acids is 1.